The van der Waals surface area contributed by atoms with Gasteiger partial charge in [0, 0.05) is 23.4 Å². The molecule has 1 aromatic rings. The largest absolute Gasteiger partial charge is 0.478 e. The molecule has 0 saturated carbocycles. The number of rotatable bonds is 3. The third-order valence-corrected chi connectivity index (χ3v) is 3.47. The van der Waals surface area contributed by atoms with Gasteiger partial charge in [0.05, 0.1) is 5.56 Å². The summed E-state index contributed by atoms with van der Waals surface area (Å²) in [5.41, 5.74) is 3.62. The first-order chi connectivity index (χ1) is 8.99. The predicted octanol–water partition coefficient (Wildman–Crippen LogP) is 3.13. The normalized spacial score (nSPS) is 15.6. The van der Waals surface area contributed by atoms with Gasteiger partial charge in [-0.1, -0.05) is 6.07 Å². The molecule has 0 bridgehead atoms. The van der Waals surface area contributed by atoms with Crippen LogP contribution in [0.5, 0.6) is 0 Å². The van der Waals surface area contributed by atoms with Crippen LogP contribution < -0.4 is 5.32 Å². The predicted molar refractivity (Wildman–Crippen MR) is 73.3 cm³/mol. The maximum Gasteiger partial charge on any atom is 0.335 e. The van der Waals surface area contributed by atoms with Crippen LogP contribution in [0.25, 0.3) is 0 Å². The van der Waals surface area contributed by atoms with E-state index in [1.807, 2.05) is 13.8 Å². The van der Waals surface area contributed by atoms with Crippen LogP contribution >= 0.6 is 0 Å². The molecule has 1 aliphatic carbocycles. The fourth-order valence-corrected chi connectivity index (χ4v) is 2.18. The molecule has 0 saturated heterocycles. The van der Waals surface area contributed by atoms with Crippen molar-refractivity contribution in [3.05, 3.63) is 40.6 Å². The number of aryl methyl sites for hydroxylation is 1. The Hall–Kier alpha value is -2.10. The SMILES string of the molecule is CC1=C(Nc2cc(C(=O)O)ccc2C)CCCC1=O. The first-order valence-corrected chi connectivity index (χ1v) is 6.33. The number of benzene rings is 1. The van der Waals surface area contributed by atoms with Crippen LogP contribution in [0.2, 0.25) is 0 Å². The number of carboxylic acid groups (broad SMARTS) is 1. The molecule has 0 spiro atoms. The Bertz CT molecular complexity index is 573. The zero-order valence-corrected chi connectivity index (χ0v) is 11.1. The first-order valence-electron chi connectivity index (χ1n) is 6.33. The minimum absolute atomic E-state index is 0.167. The number of Topliss-reactive ketones (excluding diaryl/α,β-unsaturated/α-hetero) is 1. The topological polar surface area (TPSA) is 66.4 Å². The third kappa shape index (κ3) is 2.84. The number of allylic oxidation sites excluding steroid dienone is 2. The van der Waals surface area contributed by atoms with Gasteiger partial charge >= 0.3 is 5.97 Å². The summed E-state index contributed by atoms with van der Waals surface area (Å²) in [5, 5.41) is 12.2. The highest BCUT2D eigenvalue weighted by molar-refractivity contribution is 5.97. The zero-order chi connectivity index (χ0) is 14.0. The average Bonchev–Trinajstić information content (AvgIpc) is 2.37. The van der Waals surface area contributed by atoms with Gasteiger partial charge in [-0.2, -0.15) is 0 Å². The number of carbonyl (C=O) groups excluding carboxylic acids is 1. The maximum absolute atomic E-state index is 11.7. The standard InChI is InChI=1S/C15H17NO3/c1-9-6-7-11(15(18)19)8-13(9)16-12-4-3-5-14(17)10(12)2/h6-8,16H,3-5H2,1-2H3,(H,18,19). The van der Waals surface area contributed by atoms with Crippen LogP contribution in [0.1, 0.15) is 42.1 Å². The number of hydrogen-bond donors (Lipinski definition) is 2. The van der Waals surface area contributed by atoms with E-state index in [4.69, 9.17) is 5.11 Å². The van der Waals surface area contributed by atoms with Gasteiger partial charge in [0.25, 0.3) is 0 Å². The molecular weight excluding hydrogens is 242 g/mol. The molecule has 1 aromatic carbocycles. The quantitative estimate of drug-likeness (QED) is 0.875. The van der Waals surface area contributed by atoms with Crippen molar-refractivity contribution < 1.29 is 14.7 Å². The molecule has 0 atom stereocenters. The molecule has 100 valence electrons. The van der Waals surface area contributed by atoms with E-state index in [9.17, 15) is 9.59 Å². The molecule has 0 radical (unpaired) electrons. The molecule has 0 aliphatic heterocycles. The second kappa shape index (κ2) is 5.26. The van der Waals surface area contributed by atoms with Crippen molar-refractivity contribution in [3.63, 3.8) is 0 Å². The van der Waals surface area contributed by atoms with Gasteiger partial charge in [-0.3, -0.25) is 4.79 Å². The van der Waals surface area contributed by atoms with Crippen molar-refractivity contribution in [2.24, 2.45) is 0 Å². The average molecular weight is 259 g/mol. The van der Waals surface area contributed by atoms with E-state index in [0.717, 1.165) is 35.4 Å². The minimum atomic E-state index is -0.950. The summed E-state index contributed by atoms with van der Waals surface area (Å²) in [6.07, 6.45) is 2.27. The van der Waals surface area contributed by atoms with E-state index in [0.29, 0.717) is 6.42 Å². The monoisotopic (exact) mass is 259 g/mol. The molecule has 19 heavy (non-hydrogen) atoms. The van der Waals surface area contributed by atoms with Crippen LogP contribution in [0.3, 0.4) is 0 Å². The molecule has 0 aromatic heterocycles. The Morgan fingerprint density at radius 1 is 1.26 bits per heavy atom. The summed E-state index contributed by atoms with van der Waals surface area (Å²) in [5.74, 6) is -0.783. The third-order valence-electron chi connectivity index (χ3n) is 3.47. The Morgan fingerprint density at radius 2 is 2.00 bits per heavy atom. The smallest absolute Gasteiger partial charge is 0.335 e. The molecule has 0 amide bonds. The van der Waals surface area contributed by atoms with E-state index in [2.05, 4.69) is 5.32 Å². The summed E-state index contributed by atoms with van der Waals surface area (Å²) < 4.78 is 0. The Labute approximate surface area is 112 Å². The highest BCUT2D eigenvalue weighted by atomic mass is 16.4. The highest BCUT2D eigenvalue weighted by Crippen LogP contribution is 2.26. The summed E-state index contributed by atoms with van der Waals surface area (Å²) in [6.45, 7) is 3.73. The number of anilines is 1. The summed E-state index contributed by atoms with van der Waals surface area (Å²) in [7, 11) is 0. The summed E-state index contributed by atoms with van der Waals surface area (Å²) >= 11 is 0. The molecule has 1 aliphatic rings. The lowest BCUT2D eigenvalue weighted by Crippen LogP contribution is -2.15. The van der Waals surface area contributed by atoms with Gasteiger partial charge < -0.3 is 10.4 Å². The van der Waals surface area contributed by atoms with Gasteiger partial charge in [0.2, 0.25) is 0 Å². The van der Waals surface area contributed by atoms with Gasteiger partial charge in [-0.25, -0.2) is 4.79 Å². The van der Waals surface area contributed by atoms with Crippen molar-refractivity contribution in [2.75, 3.05) is 5.32 Å². The lowest BCUT2D eigenvalue weighted by Gasteiger charge is -2.20. The van der Waals surface area contributed by atoms with Gasteiger partial charge in [0.1, 0.15) is 0 Å². The highest BCUT2D eigenvalue weighted by Gasteiger charge is 2.17. The second-order valence-corrected chi connectivity index (χ2v) is 4.84. The zero-order valence-electron chi connectivity index (χ0n) is 11.1. The summed E-state index contributed by atoms with van der Waals surface area (Å²) in [6, 6.07) is 4.96. The van der Waals surface area contributed by atoms with E-state index < -0.39 is 5.97 Å². The van der Waals surface area contributed by atoms with Crippen molar-refractivity contribution >= 4 is 17.4 Å². The van der Waals surface area contributed by atoms with Crippen LogP contribution in [-0.2, 0) is 4.79 Å². The molecule has 4 heteroatoms. The van der Waals surface area contributed by atoms with E-state index >= 15 is 0 Å². The molecule has 0 unspecified atom stereocenters. The van der Waals surface area contributed by atoms with E-state index in [1.165, 1.54) is 0 Å². The molecular formula is C15H17NO3. The van der Waals surface area contributed by atoms with Gasteiger partial charge in [0.15, 0.2) is 5.78 Å². The minimum Gasteiger partial charge on any atom is -0.478 e. The number of carbonyl (C=O) groups is 2. The van der Waals surface area contributed by atoms with Crippen molar-refractivity contribution in [3.8, 4) is 0 Å². The fourth-order valence-electron chi connectivity index (χ4n) is 2.18. The lowest BCUT2D eigenvalue weighted by atomic mass is 9.95. The number of nitrogens with one attached hydrogen (secondary N) is 1. The molecule has 2 N–H and O–H groups in total. The van der Waals surface area contributed by atoms with Crippen LogP contribution in [0, 0.1) is 6.92 Å². The Morgan fingerprint density at radius 3 is 2.68 bits per heavy atom. The van der Waals surface area contributed by atoms with Crippen LogP contribution in [-0.4, -0.2) is 16.9 Å². The molecule has 0 fully saturated rings. The van der Waals surface area contributed by atoms with Crippen molar-refractivity contribution in [1.29, 1.82) is 0 Å². The van der Waals surface area contributed by atoms with E-state index in [-0.39, 0.29) is 11.3 Å². The number of hydrogen-bond acceptors (Lipinski definition) is 3. The molecule has 2 rings (SSSR count). The number of carboxylic acids is 1. The molecule has 4 nitrogen and oxygen atoms in total. The molecule has 0 heterocycles. The van der Waals surface area contributed by atoms with Gasteiger partial charge in [-0.05, 0) is 44.4 Å². The van der Waals surface area contributed by atoms with Crippen LogP contribution in [0.15, 0.2) is 29.5 Å². The van der Waals surface area contributed by atoms with Crippen molar-refractivity contribution in [1.82, 2.24) is 0 Å². The fraction of sp³-hybridized carbons (Fsp3) is 0.333. The number of aromatic carboxylic acids is 1. The Balaban J connectivity index is 2.33. The first kappa shape index (κ1) is 13.3. The van der Waals surface area contributed by atoms with E-state index in [1.54, 1.807) is 18.2 Å². The summed E-state index contributed by atoms with van der Waals surface area (Å²) in [4.78, 5) is 22.6. The lowest BCUT2D eigenvalue weighted by molar-refractivity contribution is -0.116. The number of ketones is 1. The Kier molecular flexibility index (Phi) is 3.69. The van der Waals surface area contributed by atoms with Crippen molar-refractivity contribution in [2.45, 2.75) is 33.1 Å². The van der Waals surface area contributed by atoms with Crippen LogP contribution in [0.4, 0.5) is 5.69 Å². The van der Waals surface area contributed by atoms with Gasteiger partial charge in [-0.15, -0.1) is 0 Å². The second-order valence-electron chi connectivity index (χ2n) is 4.84. The maximum atomic E-state index is 11.7.